The number of pyridine rings is 1. The first-order valence-electron chi connectivity index (χ1n) is 9.83. The largest absolute Gasteiger partial charge is 0.573 e. The number of carbonyl (C=O) groups excluding carboxylic acids is 1. The van der Waals surface area contributed by atoms with Crippen molar-refractivity contribution < 1.29 is 32.9 Å². The van der Waals surface area contributed by atoms with Crippen LogP contribution in [0.25, 0.3) is 10.4 Å². The van der Waals surface area contributed by atoms with Crippen LogP contribution in [0.1, 0.15) is 10.4 Å². The van der Waals surface area contributed by atoms with Crippen LogP contribution in [0.4, 0.5) is 24.7 Å². The molecule has 0 radical (unpaired) electrons. The molecule has 1 aliphatic heterocycles. The van der Waals surface area contributed by atoms with Gasteiger partial charge in [-0.2, -0.15) is 0 Å². The van der Waals surface area contributed by atoms with E-state index in [0.717, 1.165) is 17.0 Å². The number of aromatic nitrogens is 2. The predicted molar refractivity (Wildman–Crippen MR) is 115 cm³/mol. The van der Waals surface area contributed by atoms with Gasteiger partial charge in [-0.15, -0.1) is 24.5 Å². The summed E-state index contributed by atoms with van der Waals surface area (Å²) in [6, 6.07) is 6.44. The third kappa shape index (κ3) is 5.41. The topological polar surface area (TPSA) is 108 Å². The summed E-state index contributed by atoms with van der Waals surface area (Å²) >= 11 is 1.36. The van der Waals surface area contributed by atoms with E-state index in [1.807, 2.05) is 4.90 Å². The second kappa shape index (κ2) is 9.33. The summed E-state index contributed by atoms with van der Waals surface area (Å²) in [5.74, 6) is -0.639. The minimum Gasteiger partial charge on any atom is -0.406 e. The Hall–Kier alpha value is -3.22. The Morgan fingerprint density at radius 2 is 2.00 bits per heavy atom. The molecule has 0 spiro atoms. The van der Waals surface area contributed by atoms with Crippen LogP contribution in [0, 0.1) is 5.92 Å². The third-order valence-corrected chi connectivity index (χ3v) is 5.92. The molecule has 8 nitrogen and oxygen atoms in total. The van der Waals surface area contributed by atoms with E-state index in [9.17, 15) is 28.2 Å². The van der Waals surface area contributed by atoms with Gasteiger partial charge in [0.2, 0.25) is 0 Å². The maximum absolute atomic E-state index is 12.8. The Morgan fingerprint density at radius 1 is 1.24 bits per heavy atom. The molecule has 33 heavy (non-hydrogen) atoms. The van der Waals surface area contributed by atoms with Crippen LogP contribution >= 0.6 is 11.3 Å². The molecule has 3 aromatic rings. The molecule has 3 N–H and O–H groups in total. The molecule has 174 valence electrons. The Morgan fingerprint density at radius 3 is 2.61 bits per heavy atom. The maximum atomic E-state index is 12.8. The normalized spacial score (nSPS) is 18.4. The molecule has 2 aromatic heterocycles. The van der Waals surface area contributed by atoms with Gasteiger partial charge >= 0.3 is 6.36 Å². The van der Waals surface area contributed by atoms with Gasteiger partial charge in [0.1, 0.15) is 11.6 Å². The Bertz CT molecular complexity index is 1110. The van der Waals surface area contributed by atoms with Crippen LogP contribution in [0.15, 0.2) is 48.2 Å². The summed E-state index contributed by atoms with van der Waals surface area (Å²) in [5.41, 5.74) is 2.80. The number of hydrogen-bond donors (Lipinski definition) is 3. The lowest BCUT2D eigenvalue weighted by Crippen LogP contribution is -2.23. The highest BCUT2D eigenvalue weighted by molar-refractivity contribution is 7.13. The highest BCUT2D eigenvalue weighted by Crippen LogP contribution is 2.35. The van der Waals surface area contributed by atoms with E-state index in [1.54, 1.807) is 17.8 Å². The van der Waals surface area contributed by atoms with Gasteiger partial charge in [-0.05, 0) is 30.3 Å². The van der Waals surface area contributed by atoms with Crippen LogP contribution in [0.2, 0.25) is 0 Å². The van der Waals surface area contributed by atoms with Gasteiger partial charge in [0.25, 0.3) is 5.91 Å². The molecule has 2 atom stereocenters. The van der Waals surface area contributed by atoms with Crippen molar-refractivity contribution in [3.63, 3.8) is 0 Å². The lowest BCUT2D eigenvalue weighted by atomic mass is 10.1. The number of benzene rings is 1. The molecule has 0 saturated carbocycles. The summed E-state index contributed by atoms with van der Waals surface area (Å²) in [7, 11) is 0. The zero-order valence-electron chi connectivity index (χ0n) is 17.0. The van der Waals surface area contributed by atoms with Gasteiger partial charge in [0, 0.05) is 42.7 Å². The fourth-order valence-corrected chi connectivity index (χ4v) is 4.15. The van der Waals surface area contributed by atoms with Gasteiger partial charge in [0.05, 0.1) is 28.7 Å². The standard InChI is InChI=1S/C21H19F3N4O4S/c22-21(23,24)32-15-3-1-14(2-4-15)27-20(31)12-5-16(18-7-25-11-33-18)19(26-6-12)28-8-13(10-29)17(30)9-28/h1-7,11,13,17,29-30H,8-10H2,(H,27,31)/t13-,17+/m1/s1. The quantitative estimate of drug-likeness (QED) is 0.498. The number of anilines is 2. The Balaban J connectivity index is 1.56. The fourth-order valence-electron chi connectivity index (χ4n) is 3.51. The van der Waals surface area contributed by atoms with Crippen LogP contribution in [-0.4, -0.2) is 58.3 Å². The number of aliphatic hydroxyl groups excluding tert-OH is 2. The molecule has 1 amide bonds. The van der Waals surface area contributed by atoms with Crippen LogP contribution in [0.3, 0.4) is 0 Å². The fraction of sp³-hybridized carbons (Fsp3) is 0.286. The number of thiazole rings is 1. The second-order valence-electron chi connectivity index (χ2n) is 7.40. The van der Waals surface area contributed by atoms with E-state index >= 15 is 0 Å². The van der Waals surface area contributed by atoms with Crippen molar-refractivity contribution in [1.82, 2.24) is 9.97 Å². The van der Waals surface area contributed by atoms with E-state index in [4.69, 9.17) is 0 Å². The highest BCUT2D eigenvalue weighted by Gasteiger charge is 2.33. The van der Waals surface area contributed by atoms with Gasteiger partial charge < -0.3 is 25.2 Å². The first kappa shape index (κ1) is 23.0. The number of halogens is 3. The van der Waals surface area contributed by atoms with Gasteiger partial charge in [0.15, 0.2) is 0 Å². The smallest absolute Gasteiger partial charge is 0.406 e. The number of ether oxygens (including phenoxy) is 1. The van der Waals surface area contributed by atoms with E-state index in [2.05, 4.69) is 20.0 Å². The minimum atomic E-state index is -4.80. The van der Waals surface area contributed by atoms with E-state index in [0.29, 0.717) is 24.5 Å². The number of β-amino-alcohol motifs (C(OH)–C–C–N with tert-alkyl or cyclic N) is 1. The zero-order chi connectivity index (χ0) is 23.6. The average Bonchev–Trinajstić information content (AvgIpc) is 3.43. The molecular formula is C21H19F3N4O4S. The van der Waals surface area contributed by atoms with Gasteiger partial charge in [-0.25, -0.2) is 4.98 Å². The zero-order valence-corrected chi connectivity index (χ0v) is 17.8. The molecule has 0 aliphatic carbocycles. The summed E-state index contributed by atoms with van der Waals surface area (Å²) in [6.07, 6.45) is -2.47. The summed E-state index contributed by atoms with van der Waals surface area (Å²) in [6.45, 7) is 0.553. The first-order chi connectivity index (χ1) is 15.7. The Kier molecular flexibility index (Phi) is 6.49. The van der Waals surface area contributed by atoms with Crippen molar-refractivity contribution in [2.75, 3.05) is 29.9 Å². The molecule has 0 bridgehead atoms. The lowest BCUT2D eigenvalue weighted by Gasteiger charge is -2.20. The number of nitrogens with zero attached hydrogens (tertiary/aromatic N) is 3. The molecule has 3 heterocycles. The molecule has 1 fully saturated rings. The minimum absolute atomic E-state index is 0.152. The molecule has 4 rings (SSSR count). The number of carbonyl (C=O) groups is 1. The second-order valence-corrected chi connectivity index (χ2v) is 8.29. The van der Waals surface area contributed by atoms with Gasteiger partial charge in [-0.3, -0.25) is 9.78 Å². The third-order valence-electron chi connectivity index (χ3n) is 5.11. The number of alkyl halides is 3. The van der Waals surface area contributed by atoms with Crippen LogP contribution < -0.4 is 15.0 Å². The number of nitrogens with one attached hydrogen (secondary N) is 1. The van der Waals surface area contributed by atoms with Crippen molar-refractivity contribution in [2.45, 2.75) is 12.5 Å². The predicted octanol–water partition coefficient (Wildman–Crippen LogP) is 3.15. The number of aliphatic hydroxyl groups is 2. The molecule has 12 heteroatoms. The number of hydrogen-bond acceptors (Lipinski definition) is 8. The van der Waals surface area contributed by atoms with Crippen molar-refractivity contribution in [3.05, 3.63) is 53.8 Å². The van der Waals surface area contributed by atoms with E-state index in [-0.39, 0.29) is 23.8 Å². The first-order valence-corrected chi connectivity index (χ1v) is 10.7. The van der Waals surface area contributed by atoms with Crippen molar-refractivity contribution in [2.24, 2.45) is 5.92 Å². The van der Waals surface area contributed by atoms with Crippen molar-refractivity contribution in [1.29, 1.82) is 0 Å². The lowest BCUT2D eigenvalue weighted by molar-refractivity contribution is -0.274. The molecule has 0 unspecified atom stereocenters. The number of amides is 1. The summed E-state index contributed by atoms with van der Waals surface area (Å²) in [4.78, 5) is 23.9. The maximum Gasteiger partial charge on any atom is 0.573 e. The monoisotopic (exact) mass is 480 g/mol. The van der Waals surface area contributed by atoms with E-state index < -0.39 is 24.1 Å². The molecular weight excluding hydrogens is 461 g/mol. The average molecular weight is 480 g/mol. The molecule has 1 aromatic carbocycles. The molecule has 1 saturated heterocycles. The van der Waals surface area contributed by atoms with Crippen LogP contribution in [-0.2, 0) is 0 Å². The van der Waals surface area contributed by atoms with Crippen LogP contribution in [0.5, 0.6) is 5.75 Å². The highest BCUT2D eigenvalue weighted by atomic mass is 32.1. The van der Waals surface area contributed by atoms with Crippen molar-refractivity contribution in [3.8, 4) is 16.2 Å². The summed E-state index contributed by atoms with van der Waals surface area (Å²) in [5, 5.41) is 22.2. The number of rotatable bonds is 6. The SMILES string of the molecule is O=C(Nc1ccc(OC(F)(F)F)cc1)c1cnc(N2C[C@H](CO)[C@@H](O)C2)c(-c2cncs2)c1. The molecule has 1 aliphatic rings. The Labute approximate surface area is 190 Å². The van der Waals surface area contributed by atoms with Gasteiger partial charge in [-0.1, -0.05) is 0 Å². The van der Waals surface area contributed by atoms with Crippen molar-refractivity contribution >= 4 is 28.7 Å². The summed E-state index contributed by atoms with van der Waals surface area (Å²) < 4.78 is 40.7. The van der Waals surface area contributed by atoms with E-state index in [1.165, 1.54) is 29.7 Å².